The molecule has 0 saturated carbocycles. The molecule has 2 rings (SSSR count). The standard InChI is InChI=1S/C17H16FN3O3/c1-11(22)12-5-4-6-13(9-12)19-10-16(23)21-17(24)20-15-8-3-2-7-14(15)18/h2-9,19H,10H2,1H3,(H2,20,21,23,24). The SMILES string of the molecule is CC(=O)c1cccc(NCC(=O)NC(=O)Nc2ccccc2F)c1. The molecule has 7 heteroatoms. The number of nitrogens with one attached hydrogen (secondary N) is 3. The first-order valence-corrected chi connectivity index (χ1v) is 7.16. The molecule has 0 aliphatic carbocycles. The third-order valence-electron chi connectivity index (χ3n) is 3.10. The molecular formula is C17H16FN3O3. The second-order valence-electron chi connectivity index (χ2n) is 4.97. The summed E-state index contributed by atoms with van der Waals surface area (Å²) in [7, 11) is 0. The molecule has 0 spiro atoms. The molecule has 124 valence electrons. The van der Waals surface area contributed by atoms with Crippen LogP contribution in [-0.4, -0.2) is 24.3 Å². The zero-order valence-corrected chi connectivity index (χ0v) is 12.9. The molecule has 6 nitrogen and oxygen atoms in total. The number of hydrogen-bond donors (Lipinski definition) is 3. The van der Waals surface area contributed by atoms with Crippen LogP contribution in [0.1, 0.15) is 17.3 Å². The summed E-state index contributed by atoms with van der Waals surface area (Å²) in [6.07, 6.45) is 0. The number of carbonyl (C=O) groups excluding carboxylic acids is 3. The normalized spacial score (nSPS) is 9.92. The van der Waals surface area contributed by atoms with Gasteiger partial charge in [-0.25, -0.2) is 9.18 Å². The highest BCUT2D eigenvalue weighted by Gasteiger charge is 2.10. The van der Waals surface area contributed by atoms with Gasteiger partial charge in [0.25, 0.3) is 0 Å². The van der Waals surface area contributed by atoms with E-state index in [9.17, 15) is 18.8 Å². The van der Waals surface area contributed by atoms with Crippen LogP contribution in [0.25, 0.3) is 0 Å². The maximum absolute atomic E-state index is 13.4. The first-order valence-electron chi connectivity index (χ1n) is 7.16. The fourth-order valence-electron chi connectivity index (χ4n) is 1.92. The second kappa shape index (κ2) is 7.87. The molecule has 0 saturated heterocycles. The number of benzene rings is 2. The topological polar surface area (TPSA) is 87.3 Å². The van der Waals surface area contributed by atoms with E-state index >= 15 is 0 Å². The highest BCUT2D eigenvalue weighted by Crippen LogP contribution is 2.12. The van der Waals surface area contributed by atoms with Crippen LogP contribution in [0.4, 0.5) is 20.6 Å². The van der Waals surface area contributed by atoms with Gasteiger partial charge in [0.1, 0.15) is 5.82 Å². The molecule has 0 aliphatic heterocycles. The van der Waals surface area contributed by atoms with E-state index in [0.717, 1.165) is 0 Å². The van der Waals surface area contributed by atoms with Crippen molar-refractivity contribution in [2.45, 2.75) is 6.92 Å². The van der Waals surface area contributed by atoms with Crippen molar-refractivity contribution in [2.24, 2.45) is 0 Å². The predicted octanol–water partition coefficient (Wildman–Crippen LogP) is 2.79. The second-order valence-corrected chi connectivity index (χ2v) is 4.97. The van der Waals surface area contributed by atoms with Crippen LogP contribution < -0.4 is 16.0 Å². The minimum absolute atomic E-state index is 0.0232. The smallest absolute Gasteiger partial charge is 0.326 e. The molecule has 24 heavy (non-hydrogen) atoms. The summed E-state index contributed by atoms with van der Waals surface area (Å²) in [5.74, 6) is -1.29. The van der Waals surface area contributed by atoms with E-state index < -0.39 is 17.8 Å². The predicted molar refractivity (Wildman–Crippen MR) is 88.5 cm³/mol. The molecule has 2 aromatic rings. The van der Waals surface area contributed by atoms with Crippen LogP contribution in [0.3, 0.4) is 0 Å². The first kappa shape index (κ1) is 17.1. The lowest BCUT2D eigenvalue weighted by Crippen LogP contribution is -2.38. The van der Waals surface area contributed by atoms with Gasteiger partial charge in [-0.2, -0.15) is 0 Å². The van der Waals surface area contributed by atoms with Gasteiger partial charge >= 0.3 is 6.03 Å². The Morgan fingerprint density at radius 1 is 1.04 bits per heavy atom. The van der Waals surface area contributed by atoms with Crippen molar-refractivity contribution in [1.29, 1.82) is 0 Å². The van der Waals surface area contributed by atoms with Gasteiger partial charge in [-0.3, -0.25) is 14.9 Å². The number of amides is 3. The minimum Gasteiger partial charge on any atom is -0.376 e. The third kappa shape index (κ3) is 4.91. The number of rotatable bonds is 5. The van der Waals surface area contributed by atoms with E-state index in [1.807, 2.05) is 0 Å². The van der Waals surface area contributed by atoms with Crippen molar-refractivity contribution in [2.75, 3.05) is 17.2 Å². The lowest BCUT2D eigenvalue weighted by molar-refractivity contribution is -0.118. The number of anilines is 2. The molecule has 0 aliphatic rings. The van der Waals surface area contributed by atoms with Gasteiger partial charge in [-0.15, -0.1) is 0 Å². The summed E-state index contributed by atoms with van der Waals surface area (Å²) in [5, 5.41) is 7.13. The minimum atomic E-state index is -0.829. The van der Waals surface area contributed by atoms with Crippen LogP contribution in [-0.2, 0) is 4.79 Å². The van der Waals surface area contributed by atoms with Crippen molar-refractivity contribution >= 4 is 29.1 Å². The van der Waals surface area contributed by atoms with Crippen molar-refractivity contribution < 1.29 is 18.8 Å². The largest absolute Gasteiger partial charge is 0.376 e. The fraction of sp³-hybridized carbons (Fsp3) is 0.118. The zero-order chi connectivity index (χ0) is 17.5. The van der Waals surface area contributed by atoms with E-state index in [1.165, 1.54) is 25.1 Å². The number of Topliss-reactive ketones (excluding diaryl/α,β-unsaturated/α-hetero) is 1. The van der Waals surface area contributed by atoms with Gasteiger partial charge in [-0.1, -0.05) is 24.3 Å². The van der Waals surface area contributed by atoms with E-state index in [2.05, 4.69) is 16.0 Å². The summed E-state index contributed by atoms with van der Waals surface area (Å²) in [4.78, 5) is 34.7. The fourth-order valence-corrected chi connectivity index (χ4v) is 1.92. The zero-order valence-electron chi connectivity index (χ0n) is 12.9. The molecule has 0 fully saturated rings. The Morgan fingerprint density at radius 2 is 1.79 bits per heavy atom. The first-order chi connectivity index (χ1) is 11.5. The number of hydrogen-bond acceptors (Lipinski definition) is 4. The van der Waals surface area contributed by atoms with Gasteiger partial charge < -0.3 is 10.6 Å². The maximum Gasteiger partial charge on any atom is 0.326 e. The molecule has 0 bridgehead atoms. The summed E-state index contributed by atoms with van der Waals surface area (Å²) in [6, 6.07) is 11.4. The van der Waals surface area contributed by atoms with Crippen LogP contribution in [0.5, 0.6) is 0 Å². The van der Waals surface area contributed by atoms with Gasteiger partial charge in [-0.05, 0) is 31.2 Å². The average molecular weight is 329 g/mol. The number of imide groups is 1. The number of ketones is 1. The number of carbonyl (C=O) groups is 3. The van der Waals surface area contributed by atoms with Crippen molar-refractivity contribution in [3.8, 4) is 0 Å². The van der Waals surface area contributed by atoms with Crippen molar-refractivity contribution in [3.05, 3.63) is 59.9 Å². The van der Waals surface area contributed by atoms with Gasteiger partial charge in [0, 0.05) is 11.3 Å². The quantitative estimate of drug-likeness (QED) is 0.736. The maximum atomic E-state index is 13.4. The van der Waals surface area contributed by atoms with Crippen LogP contribution >= 0.6 is 0 Å². The van der Waals surface area contributed by atoms with Gasteiger partial charge in [0.15, 0.2) is 5.78 Å². The van der Waals surface area contributed by atoms with Crippen molar-refractivity contribution in [1.82, 2.24) is 5.32 Å². The molecule has 0 atom stereocenters. The van der Waals surface area contributed by atoms with Gasteiger partial charge in [0.2, 0.25) is 5.91 Å². The summed E-state index contributed by atoms with van der Waals surface area (Å²) < 4.78 is 13.4. The van der Waals surface area contributed by atoms with E-state index in [4.69, 9.17) is 0 Å². The lowest BCUT2D eigenvalue weighted by atomic mass is 10.1. The number of urea groups is 1. The molecule has 0 radical (unpaired) electrons. The highest BCUT2D eigenvalue weighted by molar-refractivity contribution is 6.02. The van der Waals surface area contributed by atoms with Crippen LogP contribution in [0, 0.1) is 5.82 Å². The molecule has 0 heterocycles. The Morgan fingerprint density at radius 3 is 2.50 bits per heavy atom. The Kier molecular flexibility index (Phi) is 5.62. The molecule has 0 aromatic heterocycles. The molecular weight excluding hydrogens is 313 g/mol. The van der Waals surface area contributed by atoms with Gasteiger partial charge in [0.05, 0.1) is 12.2 Å². The Hall–Kier alpha value is -3.22. The average Bonchev–Trinajstić information content (AvgIpc) is 2.55. The molecule has 0 unspecified atom stereocenters. The summed E-state index contributed by atoms with van der Waals surface area (Å²) >= 11 is 0. The number of para-hydroxylation sites is 1. The number of halogens is 1. The Bertz CT molecular complexity index is 777. The highest BCUT2D eigenvalue weighted by atomic mass is 19.1. The third-order valence-corrected chi connectivity index (χ3v) is 3.10. The summed E-state index contributed by atoms with van der Waals surface area (Å²) in [5.41, 5.74) is 1.06. The lowest BCUT2D eigenvalue weighted by Gasteiger charge is -2.09. The monoisotopic (exact) mass is 329 g/mol. The molecule has 2 aromatic carbocycles. The molecule has 3 N–H and O–H groups in total. The van der Waals surface area contributed by atoms with Crippen LogP contribution in [0.15, 0.2) is 48.5 Å². The van der Waals surface area contributed by atoms with E-state index in [-0.39, 0.29) is 18.0 Å². The summed E-state index contributed by atoms with van der Waals surface area (Å²) in [6.45, 7) is 1.27. The molecule has 3 amide bonds. The van der Waals surface area contributed by atoms with E-state index in [1.54, 1.807) is 30.3 Å². The van der Waals surface area contributed by atoms with Crippen molar-refractivity contribution in [3.63, 3.8) is 0 Å². The van der Waals surface area contributed by atoms with E-state index in [0.29, 0.717) is 11.3 Å². The Labute approximate surface area is 138 Å². The van der Waals surface area contributed by atoms with Crippen LogP contribution in [0.2, 0.25) is 0 Å². The Balaban J connectivity index is 1.85.